The van der Waals surface area contributed by atoms with Crippen molar-refractivity contribution in [2.75, 3.05) is 30.7 Å². The van der Waals surface area contributed by atoms with Gasteiger partial charge in [-0.2, -0.15) is 0 Å². The number of sulfonamides is 1. The van der Waals surface area contributed by atoms with Gasteiger partial charge in [-0.15, -0.1) is 0 Å². The van der Waals surface area contributed by atoms with Gasteiger partial charge in [0.25, 0.3) is 5.91 Å². The number of carbonyl (C=O) groups excluding carboxylic acids is 1. The Bertz CT molecular complexity index is 937. The zero-order chi connectivity index (χ0) is 20.1. The van der Waals surface area contributed by atoms with Gasteiger partial charge >= 0.3 is 0 Å². The lowest BCUT2D eigenvalue weighted by Crippen LogP contribution is -2.29. The van der Waals surface area contributed by atoms with Gasteiger partial charge in [-0.05, 0) is 49.2 Å². The van der Waals surface area contributed by atoms with Crippen molar-refractivity contribution in [2.45, 2.75) is 25.9 Å². The average molecular weight is 402 g/mol. The fourth-order valence-electron chi connectivity index (χ4n) is 3.43. The van der Waals surface area contributed by atoms with Crippen molar-refractivity contribution >= 4 is 21.6 Å². The highest BCUT2D eigenvalue weighted by atomic mass is 32.2. The van der Waals surface area contributed by atoms with E-state index in [-0.39, 0.29) is 5.91 Å². The number of carbonyl (C=O) groups is 1. The number of anilines is 1. The van der Waals surface area contributed by atoms with Crippen LogP contribution < -0.4 is 9.62 Å². The second-order valence-electron chi connectivity index (χ2n) is 7.23. The van der Waals surface area contributed by atoms with Crippen LogP contribution in [0.2, 0.25) is 0 Å². The number of rotatable bonds is 7. The summed E-state index contributed by atoms with van der Waals surface area (Å²) in [5.41, 5.74) is 2.97. The quantitative estimate of drug-likeness (QED) is 0.774. The van der Waals surface area contributed by atoms with Crippen molar-refractivity contribution in [3.05, 3.63) is 65.2 Å². The number of para-hydroxylation sites is 1. The molecule has 1 fully saturated rings. The molecule has 0 spiro atoms. The highest BCUT2D eigenvalue weighted by molar-refractivity contribution is 7.92. The van der Waals surface area contributed by atoms with Gasteiger partial charge in [-0.25, -0.2) is 8.42 Å². The van der Waals surface area contributed by atoms with Crippen LogP contribution >= 0.6 is 0 Å². The number of amides is 1. The highest BCUT2D eigenvalue weighted by Crippen LogP contribution is 2.21. The maximum absolute atomic E-state index is 12.7. The molecule has 0 radical (unpaired) electrons. The fourth-order valence-corrected chi connectivity index (χ4v) is 3.95. The van der Waals surface area contributed by atoms with Gasteiger partial charge in [0.1, 0.15) is 0 Å². The minimum Gasteiger partial charge on any atom is -0.348 e. The number of nitrogens with one attached hydrogen (secondary N) is 1. The van der Waals surface area contributed by atoms with Gasteiger partial charge in [-0.3, -0.25) is 14.0 Å². The van der Waals surface area contributed by atoms with Crippen molar-refractivity contribution in [3.63, 3.8) is 0 Å². The van der Waals surface area contributed by atoms with Gasteiger partial charge in [0.2, 0.25) is 10.0 Å². The molecule has 1 aliphatic rings. The zero-order valence-electron chi connectivity index (χ0n) is 16.4. The molecule has 1 aliphatic heterocycles. The van der Waals surface area contributed by atoms with Crippen LogP contribution in [0.1, 0.15) is 34.3 Å². The van der Waals surface area contributed by atoms with Crippen LogP contribution in [0.25, 0.3) is 0 Å². The van der Waals surface area contributed by atoms with Crippen LogP contribution in [0.3, 0.4) is 0 Å². The molecule has 0 bridgehead atoms. The number of hydrogen-bond acceptors (Lipinski definition) is 4. The molecule has 150 valence electrons. The molecule has 0 atom stereocenters. The lowest BCUT2D eigenvalue weighted by Gasteiger charge is -2.20. The Morgan fingerprint density at radius 3 is 2.46 bits per heavy atom. The highest BCUT2D eigenvalue weighted by Gasteiger charge is 2.19. The predicted molar refractivity (Wildman–Crippen MR) is 112 cm³/mol. The second-order valence-corrected chi connectivity index (χ2v) is 9.25. The van der Waals surface area contributed by atoms with Crippen LogP contribution in [-0.4, -0.2) is 45.6 Å². The molecule has 0 aromatic heterocycles. The molecule has 2 aromatic carbocycles. The minimum absolute atomic E-state index is 0.295. The molecule has 3 rings (SSSR count). The third kappa shape index (κ3) is 5.11. The van der Waals surface area contributed by atoms with E-state index in [0.717, 1.165) is 35.8 Å². The summed E-state index contributed by atoms with van der Waals surface area (Å²) in [6.07, 6.45) is 3.64. The maximum Gasteiger partial charge on any atom is 0.253 e. The van der Waals surface area contributed by atoms with Crippen LogP contribution in [-0.2, 0) is 23.1 Å². The Morgan fingerprint density at radius 1 is 1.07 bits per heavy atom. The fraction of sp³-hybridized carbons (Fsp3) is 0.381. The first-order valence-corrected chi connectivity index (χ1v) is 11.3. The summed E-state index contributed by atoms with van der Waals surface area (Å²) in [5.74, 6) is -0.295. The smallest absolute Gasteiger partial charge is 0.253 e. The Balaban J connectivity index is 1.68. The maximum atomic E-state index is 12.7. The predicted octanol–water partition coefficient (Wildman–Crippen LogP) is 2.61. The summed E-state index contributed by atoms with van der Waals surface area (Å²) >= 11 is 0. The molecule has 7 heteroatoms. The van der Waals surface area contributed by atoms with Crippen molar-refractivity contribution in [1.82, 2.24) is 10.2 Å². The first-order chi connectivity index (χ1) is 13.3. The molecule has 0 saturated carbocycles. The average Bonchev–Trinajstić information content (AvgIpc) is 3.18. The number of benzene rings is 2. The molecule has 28 heavy (non-hydrogen) atoms. The molecule has 2 aromatic rings. The van der Waals surface area contributed by atoms with E-state index in [9.17, 15) is 13.2 Å². The van der Waals surface area contributed by atoms with Crippen LogP contribution in [0.15, 0.2) is 48.5 Å². The van der Waals surface area contributed by atoms with Gasteiger partial charge < -0.3 is 5.32 Å². The van der Waals surface area contributed by atoms with E-state index in [1.807, 2.05) is 12.1 Å². The Morgan fingerprint density at radius 2 is 1.75 bits per heavy atom. The Labute approximate surface area is 167 Å². The van der Waals surface area contributed by atoms with E-state index >= 15 is 0 Å². The minimum atomic E-state index is -3.45. The Kier molecular flexibility index (Phi) is 6.36. The van der Waals surface area contributed by atoms with E-state index in [4.69, 9.17) is 0 Å². The lowest BCUT2D eigenvalue weighted by atomic mass is 10.1. The lowest BCUT2D eigenvalue weighted by molar-refractivity contribution is 0.0951. The summed E-state index contributed by atoms with van der Waals surface area (Å²) in [7, 11) is -2.00. The summed E-state index contributed by atoms with van der Waals surface area (Å²) in [6.45, 7) is 3.62. The first kappa shape index (κ1) is 20.4. The van der Waals surface area contributed by atoms with E-state index in [0.29, 0.717) is 17.8 Å². The zero-order valence-corrected chi connectivity index (χ0v) is 17.2. The number of nitrogens with zero attached hydrogens (tertiary/aromatic N) is 2. The standard InChI is InChI=1S/C21H27N3O3S/c1-23(28(2,26)27)20-11-4-3-10-19(20)21(25)22-15-17-8-7-9-18(14-17)16-24-12-5-6-13-24/h3-4,7-11,14H,5-6,12-13,15-16H2,1-2H3,(H,22,25). The molecule has 1 saturated heterocycles. The number of hydrogen-bond donors (Lipinski definition) is 1. The third-order valence-electron chi connectivity index (χ3n) is 5.03. The summed E-state index contributed by atoms with van der Waals surface area (Å²) in [5, 5.41) is 2.91. The van der Waals surface area contributed by atoms with Gasteiger partial charge in [0.05, 0.1) is 17.5 Å². The number of likely N-dealkylation sites (tertiary alicyclic amines) is 1. The van der Waals surface area contributed by atoms with Gasteiger partial charge in [0.15, 0.2) is 0 Å². The Hall–Kier alpha value is -2.38. The van der Waals surface area contributed by atoms with E-state index in [2.05, 4.69) is 22.3 Å². The molecule has 1 amide bonds. The van der Waals surface area contributed by atoms with Crippen LogP contribution in [0.4, 0.5) is 5.69 Å². The summed E-state index contributed by atoms with van der Waals surface area (Å²) in [4.78, 5) is 15.1. The molecule has 1 heterocycles. The van der Waals surface area contributed by atoms with E-state index in [1.165, 1.54) is 25.5 Å². The van der Waals surface area contributed by atoms with Crippen LogP contribution in [0, 0.1) is 0 Å². The van der Waals surface area contributed by atoms with E-state index in [1.54, 1.807) is 24.3 Å². The first-order valence-electron chi connectivity index (χ1n) is 9.46. The third-order valence-corrected chi connectivity index (χ3v) is 6.23. The van der Waals surface area contributed by atoms with Crippen molar-refractivity contribution < 1.29 is 13.2 Å². The normalized spacial score (nSPS) is 14.8. The summed E-state index contributed by atoms with van der Waals surface area (Å²) < 4.78 is 24.8. The van der Waals surface area contributed by atoms with E-state index < -0.39 is 10.0 Å². The molecule has 6 nitrogen and oxygen atoms in total. The molecule has 0 aliphatic carbocycles. The monoisotopic (exact) mass is 401 g/mol. The molecule has 0 unspecified atom stereocenters. The topological polar surface area (TPSA) is 69.7 Å². The van der Waals surface area contributed by atoms with Crippen molar-refractivity contribution in [1.29, 1.82) is 0 Å². The summed E-state index contributed by atoms with van der Waals surface area (Å²) in [6, 6.07) is 14.9. The molecule has 1 N–H and O–H groups in total. The van der Waals surface area contributed by atoms with Gasteiger partial charge in [0, 0.05) is 20.1 Å². The SMILES string of the molecule is CN(c1ccccc1C(=O)NCc1cccc(CN2CCCC2)c1)S(C)(=O)=O. The van der Waals surface area contributed by atoms with Crippen molar-refractivity contribution in [2.24, 2.45) is 0 Å². The molecular formula is C21H27N3O3S. The largest absolute Gasteiger partial charge is 0.348 e. The van der Waals surface area contributed by atoms with Gasteiger partial charge in [-0.1, -0.05) is 36.4 Å². The van der Waals surface area contributed by atoms with Crippen LogP contribution in [0.5, 0.6) is 0 Å². The van der Waals surface area contributed by atoms with Crippen molar-refractivity contribution in [3.8, 4) is 0 Å². The second kappa shape index (κ2) is 8.75. The molecular weight excluding hydrogens is 374 g/mol.